The topological polar surface area (TPSA) is 55.6 Å². The number of aromatic nitrogens is 4. The second-order valence-electron chi connectivity index (χ2n) is 5.17. The molecular weight excluding hydrogens is 262 g/mol. The average molecular weight is 287 g/mol. The van der Waals surface area contributed by atoms with Crippen molar-refractivity contribution in [2.24, 2.45) is 0 Å². The Morgan fingerprint density at radius 2 is 1.90 bits per heavy atom. The van der Waals surface area contributed by atoms with Gasteiger partial charge < -0.3 is 5.32 Å². The highest BCUT2D eigenvalue weighted by molar-refractivity contribution is 5.31. The summed E-state index contributed by atoms with van der Waals surface area (Å²) >= 11 is 0. The number of hydrogen-bond acceptors (Lipinski definition) is 4. The van der Waals surface area contributed by atoms with Gasteiger partial charge in [-0.05, 0) is 31.2 Å². The molecule has 0 aliphatic heterocycles. The van der Waals surface area contributed by atoms with E-state index >= 15 is 0 Å². The molecule has 0 aromatic carbocycles. The number of nitrogens with zero attached hydrogens (tertiary/aromatic N) is 4. The molecule has 0 saturated heterocycles. The molecule has 0 bridgehead atoms. The quantitative estimate of drug-likeness (QED) is 0.850. The Bertz CT molecular complexity index is 564. The first kappa shape index (κ1) is 15.6. The highest BCUT2D eigenvalue weighted by Crippen LogP contribution is 2.14. The van der Waals surface area contributed by atoms with Crippen molar-refractivity contribution in [3.8, 4) is 5.82 Å². The van der Waals surface area contributed by atoms with E-state index in [9.17, 15) is 0 Å². The van der Waals surface area contributed by atoms with Crippen molar-refractivity contribution in [3.63, 3.8) is 0 Å². The number of rotatable bonds is 7. The molecule has 0 saturated carbocycles. The molecule has 0 spiro atoms. The summed E-state index contributed by atoms with van der Waals surface area (Å²) in [5.74, 6) is 2.74. The summed E-state index contributed by atoms with van der Waals surface area (Å²) in [6, 6.07) is 4.27. The molecule has 5 nitrogen and oxygen atoms in total. The van der Waals surface area contributed by atoms with Gasteiger partial charge in [-0.15, -0.1) is 5.10 Å². The van der Waals surface area contributed by atoms with Crippen molar-refractivity contribution >= 4 is 0 Å². The van der Waals surface area contributed by atoms with E-state index in [0.29, 0.717) is 0 Å². The van der Waals surface area contributed by atoms with Crippen LogP contribution < -0.4 is 5.32 Å². The number of nitrogens with one attached hydrogen (secondary N) is 1. The van der Waals surface area contributed by atoms with Crippen LogP contribution in [0.2, 0.25) is 0 Å². The number of pyridine rings is 1. The Labute approximate surface area is 126 Å². The highest BCUT2D eigenvalue weighted by Gasteiger charge is 2.12. The van der Waals surface area contributed by atoms with Crippen molar-refractivity contribution in [1.29, 1.82) is 0 Å². The van der Waals surface area contributed by atoms with E-state index in [1.54, 1.807) is 0 Å². The third kappa shape index (κ3) is 3.67. The maximum atomic E-state index is 4.76. The van der Waals surface area contributed by atoms with Crippen LogP contribution in [-0.2, 0) is 25.8 Å². The van der Waals surface area contributed by atoms with Crippen LogP contribution in [0.25, 0.3) is 5.82 Å². The molecule has 0 fully saturated rings. The molecule has 0 atom stereocenters. The van der Waals surface area contributed by atoms with Gasteiger partial charge in [0.05, 0.1) is 0 Å². The predicted octanol–water partition coefficient (Wildman–Crippen LogP) is 2.46. The Morgan fingerprint density at radius 3 is 2.52 bits per heavy atom. The van der Waals surface area contributed by atoms with Crippen LogP contribution in [0.3, 0.4) is 0 Å². The van der Waals surface area contributed by atoms with E-state index in [-0.39, 0.29) is 0 Å². The van der Waals surface area contributed by atoms with Gasteiger partial charge in [-0.2, -0.15) is 4.68 Å². The molecule has 2 heterocycles. The molecule has 0 unspecified atom stereocenters. The van der Waals surface area contributed by atoms with Gasteiger partial charge in [0.25, 0.3) is 0 Å². The SMILES string of the molecule is CCCc1cc(CNC)cc(-n2nc(CC)nc2CC)n1. The Balaban J connectivity index is 2.48. The van der Waals surface area contributed by atoms with Crippen LogP contribution in [0.15, 0.2) is 12.1 Å². The fraction of sp³-hybridized carbons (Fsp3) is 0.562. The molecular formula is C16H25N5. The highest BCUT2D eigenvalue weighted by atomic mass is 15.4. The molecule has 1 N–H and O–H groups in total. The van der Waals surface area contributed by atoms with Gasteiger partial charge >= 0.3 is 0 Å². The molecule has 2 aromatic rings. The zero-order chi connectivity index (χ0) is 15.2. The minimum absolute atomic E-state index is 0.836. The van der Waals surface area contributed by atoms with E-state index in [1.807, 2.05) is 11.7 Å². The zero-order valence-corrected chi connectivity index (χ0v) is 13.5. The lowest BCUT2D eigenvalue weighted by molar-refractivity contribution is 0.745. The van der Waals surface area contributed by atoms with Gasteiger partial charge in [-0.3, -0.25) is 0 Å². The van der Waals surface area contributed by atoms with Crippen LogP contribution >= 0.6 is 0 Å². The fourth-order valence-corrected chi connectivity index (χ4v) is 2.39. The molecule has 0 radical (unpaired) electrons. The largest absolute Gasteiger partial charge is 0.316 e. The van der Waals surface area contributed by atoms with E-state index in [0.717, 1.165) is 55.4 Å². The van der Waals surface area contributed by atoms with Crippen molar-refractivity contribution < 1.29 is 0 Å². The molecule has 0 aliphatic rings. The van der Waals surface area contributed by atoms with Crippen LogP contribution in [0.5, 0.6) is 0 Å². The molecule has 114 valence electrons. The van der Waals surface area contributed by atoms with Crippen LogP contribution in [0.4, 0.5) is 0 Å². The van der Waals surface area contributed by atoms with Crippen molar-refractivity contribution in [1.82, 2.24) is 25.1 Å². The smallest absolute Gasteiger partial charge is 0.156 e. The molecule has 0 amide bonds. The van der Waals surface area contributed by atoms with Gasteiger partial charge in [-0.1, -0.05) is 27.2 Å². The van der Waals surface area contributed by atoms with E-state index in [2.05, 4.69) is 48.3 Å². The Morgan fingerprint density at radius 1 is 1.10 bits per heavy atom. The van der Waals surface area contributed by atoms with E-state index in [4.69, 9.17) is 4.98 Å². The standard InChI is InChI=1S/C16H25N5/c1-5-8-13-9-12(11-17-4)10-16(18-13)21-15(7-3)19-14(6-2)20-21/h9-10,17H,5-8,11H2,1-4H3. The average Bonchev–Trinajstić information content (AvgIpc) is 2.91. The first-order valence-electron chi connectivity index (χ1n) is 7.81. The summed E-state index contributed by atoms with van der Waals surface area (Å²) in [5, 5.41) is 7.80. The van der Waals surface area contributed by atoms with Crippen LogP contribution in [0.1, 0.15) is 50.1 Å². The van der Waals surface area contributed by atoms with Crippen LogP contribution in [0, 0.1) is 0 Å². The Hall–Kier alpha value is -1.75. The summed E-state index contributed by atoms with van der Waals surface area (Å²) < 4.78 is 1.90. The van der Waals surface area contributed by atoms with Crippen molar-refractivity contribution in [2.75, 3.05) is 7.05 Å². The van der Waals surface area contributed by atoms with Gasteiger partial charge in [0.15, 0.2) is 11.6 Å². The predicted molar refractivity (Wildman–Crippen MR) is 84.7 cm³/mol. The number of aryl methyl sites for hydroxylation is 3. The normalized spacial score (nSPS) is 11.0. The van der Waals surface area contributed by atoms with Crippen LogP contribution in [-0.4, -0.2) is 26.8 Å². The summed E-state index contributed by atoms with van der Waals surface area (Å²) in [5.41, 5.74) is 2.36. The molecule has 0 aliphatic carbocycles. The summed E-state index contributed by atoms with van der Waals surface area (Å²) in [6.45, 7) is 7.19. The van der Waals surface area contributed by atoms with Gasteiger partial charge in [0.2, 0.25) is 0 Å². The monoisotopic (exact) mass is 287 g/mol. The number of hydrogen-bond donors (Lipinski definition) is 1. The van der Waals surface area contributed by atoms with Gasteiger partial charge in [0, 0.05) is 25.1 Å². The maximum Gasteiger partial charge on any atom is 0.156 e. The second-order valence-corrected chi connectivity index (χ2v) is 5.17. The lowest BCUT2D eigenvalue weighted by atomic mass is 10.1. The lowest BCUT2D eigenvalue weighted by Crippen LogP contribution is -2.10. The summed E-state index contributed by atoms with van der Waals surface area (Å²) in [6.07, 6.45) is 3.78. The summed E-state index contributed by atoms with van der Waals surface area (Å²) in [7, 11) is 1.96. The van der Waals surface area contributed by atoms with E-state index < -0.39 is 0 Å². The van der Waals surface area contributed by atoms with E-state index in [1.165, 1.54) is 5.56 Å². The third-order valence-corrected chi connectivity index (χ3v) is 3.38. The molecule has 2 aromatic heterocycles. The van der Waals surface area contributed by atoms with Gasteiger partial charge in [0.1, 0.15) is 5.82 Å². The second kappa shape index (κ2) is 7.31. The third-order valence-electron chi connectivity index (χ3n) is 3.38. The first-order valence-corrected chi connectivity index (χ1v) is 7.81. The lowest BCUT2D eigenvalue weighted by Gasteiger charge is -2.09. The summed E-state index contributed by atoms with van der Waals surface area (Å²) in [4.78, 5) is 9.34. The fourth-order valence-electron chi connectivity index (χ4n) is 2.39. The minimum Gasteiger partial charge on any atom is -0.316 e. The molecule has 2 rings (SSSR count). The Kier molecular flexibility index (Phi) is 5.44. The van der Waals surface area contributed by atoms with Crippen molar-refractivity contribution in [3.05, 3.63) is 35.0 Å². The minimum atomic E-state index is 0.836. The van der Waals surface area contributed by atoms with Crippen molar-refractivity contribution in [2.45, 2.75) is 53.0 Å². The zero-order valence-electron chi connectivity index (χ0n) is 13.5. The molecule has 5 heteroatoms. The first-order chi connectivity index (χ1) is 10.2. The maximum absolute atomic E-state index is 4.76. The van der Waals surface area contributed by atoms with Gasteiger partial charge in [-0.25, -0.2) is 9.97 Å². The molecule has 21 heavy (non-hydrogen) atoms.